The van der Waals surface area contributed by atoms with Crippen molar-refractivity contribution in [3.63, 3.8) is 0 Å². The van der Waals surface area contributed by atoms with E-state index >= 15 is 0 Å². The zero-order valence-electron chi connectivity index (χ0n) is 9.67. The first-order chi connectivity index (χ1) is 8.51. The molecule has 0 radical (unpaired) electrons. The highest BCUT2D eigenvalue weighted by Crippen LogP contribution is 2.18. The van der Waals surface area contributed by atoms with Crippen LogP contribution in [0.25, 0.3) is 0 Å². The molecule has 18 heavy (non-hydrogen) atoms. The van der Waals surface area contributed by atoms with Crippen molar-refractivity contribution < 1.29 is 13.2 Å². The molecular formula is C9H15N5O3S. The lowest BCUT2D eigenvalue weighted by molar-refractivity contribution is -0.118. The first-order valence-corrected chi connectivity index (χ1v) is 6.96. The Kier molecular flexibility index (Phi) is 3.64. The van der Waals surface area contributed by atoms with Crippen LogP contribution in [-0.4, -0.2) is 54.5 Å². The first-order valence-electron chi connectivity index (χ1n) is 5.52. The SMILES string of the molecule is NC(=O)CN(C1CCNC1)S(=O)(=O)c1ccn[nH]1. The van der Waals surface area contributed by atoms with Crippen LogP contribution in [0.15, 0.2) is 17.3 Å². The molecule has 0 spiro atoms. The van der Waals surface area contributed by atoms with Crippen LogP contribution < -0.4 is 11.1 Å². The number of nitrogens with zero attached hydrogens (tertiary/aromatic N) is 2. The maximum absolute atomic E-state index is 12.3. The van der Waals surface area contributed by atoms with Crippen LogP contribution in [0.1, 0.15) is 6.42 Å². The molecule has 1 atom stereocenters. The van der Waals surface area contributed by atoms with Gasteiger partial charge in [0.25, 0.3) is 10.0 Å². The van der Waals surface area contributed by atoms with E-state index in [2.05, 4.69) is 15.5 Å². The second-order valence-electron chi connectivity index (χ2n) is 4.08. The highest BCUT2D eigenvalue weighted by molar-refractivity contribution is 7.89. The van der Waals surface area contributed by atoms with Gasteiger partial charge in [-0.1, -0.05) is 0 Å². The van der Waals surface area contributed by atoms with Crippen LogP contribution in [0.5, 0.6) is 0 Å². The van der Waals surface area contributed by atoms with Gasteiger partial charge in [0.15, 0.2) is 5.03 Å². The van der Waals surface area contributed by atoms with Crippen molar-refractivity contribution in [2.24, 2.45) is 5.73 Å². The largest absolute Gasteiger partial charge is 0.369 e. The van der Waals surface area contributed by atoms with Crippen LogP contribution in [0.3, 0.4) is 0 Å². The highest BCUT2D eigenvalue weighted by Gasteiger charge is 2.34. The van der Waals surface area contributed by atoms with E-state index in [1.807, 2.05) is 0 Å². The predicted molar refractivity (Wildman–Crippen MR) is 62.9 cm³/mol. The number of carbonyl (C=O) groups is 1. The van der Waals surface area contributed by atoms with Gasteiger partial charge in [-0.3, -0.25) is 9.89 Å². The molecule has 1 saturated heterocycles. The molecule has 1 aromatic heterocycles. The standard InChI is InChI=1S/C9H15N5O3S/c10-8(15)6-14(7-1-3-11-5-7)18(16,17)9-2-4-12-13-9/h2,4,7,11H,1,3,5-6H2,(H2,10,15)(H,12,13). The Bertz CT molecular complexity index is 506. The number of carbonyl (C=O) groups excluding carboxylic acids is 1. The number of H-pyrrole nitrogens is 1. The van der Waals surface area contributed by atoms with Crippen LogP contribution in [-0.2, 0) is 14.8 Å². The third-order valence-corrected chi connectivity index (χ3v) is 4.64. The van der Waals surface area contributed by atoms with Crippen molar-refractivity contribution in [3.8, 4) is 0 Å². The maximum Gasteiger partial charge on any atom is 0.260 e. The summed E-state index contributed by atoms with van der Waals surface area (Å²) < 4.78 is 25.8. The number of hydrogen-bond acceptors (Lipinski definition) is 5. The first kappa shape index (κ1) is 13.0. The number of hydrogen-bond donors (Lipinski definition) is 3. The van der Waals surface area contributed by atoms with E-state index < -0.39 is 15.9 Å². The van der Waals surface area contributed by atoms with E-state index in [0.29, 0.717) is 13.0 Å². The molecule has 1 fully saturated rings. The lowest BCUT2D eigenvalue weighted by Crippen LogP contribution is -2.46. The molecule has 1 aliphatic heterocycles. The highest BCUT2D eigenvalue weighted by atomic mass is 32.2. The molecule has 1 aliphatic rings. The summed E-state index contributed by atoms with van der Waals surface area (Å²) in [6, 6.07) is 1.09. The van der Waals surface area contributed by atoms with Gasteiger partial charge in [0.1, 0.15) is 0 Å². The minimum Gasteiger partial charge on any atom is -0.369 e. The van der Waals surface area contributed by atoms with Gasteiger partial charge in [0.2, 0.25) is 5.91 Å². The smallest absolute Gasteiger partial charge is 0.260 e. The molecule has 0 saturated carbocycles. The van der Waals surface area contributed by atoms with Gasteiger partial charge in [-0.2, -0.15) is 9.40 Å². The molecule has 9 heteroatoms. The molecular weight excluding hydrogens is 258 g/mol. The molecule has 2 heterocycles. The fraction of sp³-hybridized carbons (Fsp3) is 0.556. The fourth-order valence-electron chi connectivity index (χ4n) is 1.96. The number of aromatic amines is 1. The second-order valence-corrected chi connectivity index (χ2v) is 5.94. The number of sulfonamides is 1. The molecule has 8 nitrogen and oxygen atoms in total. The van der Waals surface area contributed by atoms with Crippen molar-refractivity contribution in [3.05, 3.63) is 12.3 Å². The Balaban J connectivity index is 2.30. The van der Waals surface area contributed by atoms with Crippen LogP contribution in [0, 0.1) is 0 Å². The average molecular weight is 273 g/mol. The average Bonchev–Trinajstić information content (AvgIpc) is 2.98. The Morgan fingerprint density at radius 3 is 2.89 bits per heavy atom. The minimum atomic E-state index is -3.76. The van der Waals surface area contributed by atoms with Crippen LogP contribution in [0.4, 0.5) is 0 Å². The summed E-state index contributed by atoms with van der Waals surface area (Å²) in [5.41, 5.74) is 5.12. The molecule has 1 aromatic rings. The van der Waals surface area contributed by atoms with Crippen LogP contribution in [0.2, 0.25) is 0 Å². The second kappa shape index (κ2) is 5.04. The van der Waals surface area contributed by atoms with Gasteiger partial charge >= 0.3 is 0 Å². The van der Waals surface area contributed by atoms with E-state index in [1.165, 1.54) is 12.3 Å². The third kappa shape index (κ3) is 2.52. The van der Waals surface area contributed by atoms with Crippen molar-refractivity contribution in [2.45, 2.75) is 17.5 Å². The Hall–Kier alpha value is -1.45. The Labute approximate surface area is 105 Å². The molecule has 0 bridgehead atoms. The molecule has 2 rings (SSSR count). The summed E-state index contributed by atoms with van der Waals surface area (Å²) in [6.45, 7) is 0.909. The lowest BCUT2D eigenvalue weighted by Gasteiger charge is -2.25. The van der Waals surface area contributed by atoms with E-state index in [1.54, 1.807) is 0 Å². The number of nitrogens with one attached hydrogen (secondary N) is 2. The summed E-state index contributed by atoms with van der Waals surface area (Å²) >= 11 is 0. The fourth-order valence-corrected chi connectivity index (χ4v) is 3.49. The summed E-state index contributed by atoms with van der Waals surface area (Å²) in [5.74, 6) is -0.676. The van der Waals surface area contributed by atoms with E-state index in [0.717, 1.165) is 10.8 Å². The van der Waals surface area contributed by atoms with Crippen molar-refractivity contribution in [1.29, 1.82) is 0 Å². The van der Waals surface area contributed by atoms with Gasteiger partial charge in [-0.05, 0) is 19.0 Å². The molecule has 0 aromatic carbocycles. The third-order valence-electron chi connectivity index (χ3n) is 2.82. The summed E-state index contributed by atoms with van der Waals surface area (Å²) in [7, 11) is -3.76. The van der Waals surface area contributed by atoms with Gasteiger partial charge < -0.3 is 11.1 Å². The number of aromatic nitrogens is 2. The van der Waals surface area contributed by atoms with E-state index in [9.17, 15) is 13.2 Å². The number of amides is 1. The van der Waals surface area contributed by atoms with E-state index in [4.69, 9.17) is 5.73 Å². The number of primary amides is 1. The summed E-state index contributed by atoms with van der Waals surface area (Å²) in [5, 5.41) is 9.04. The van der Waals surface area contributed by atoms with E-state index in [-0.39, 0.29) is 17.6 Å². The Morgan fingerprint density at radius 1 is 1.61 bits per heavy atom. The molecule has 1 amide bonds. The molecule has 1 unspecified atom stereocenters. The zero-order valence-corrected chi connectivity index (χ0v) is 10.5. The van der Waals surface area contributed by atoms with Crippen molar-refractivity contribution >= 4 is 15.9 Å². The summed E-state index contributed by atoms with van der Waals surface area (Å²) in [4.78, 5) is 11.1. The number of rotatable bonds is 5. The van der Waals surface area contributed by atoms with Gasteiger partial charge in [-0.25, -0.2) is 8.42 Å². The quantitative estimate of drug-likeness (QED) is 0.587. The van der Waals surface area contributed by atoms with Crippen molar-refractivity contribution in [2.75, 3.05) is 19.6 Å². The molecule has 0 aliphatic carbocycles. The minimum absolute atomic E-state index is 0.0318. The topological polar surface area (TPSA) is 121 Å². The van der Waals surface area contributed by atoms with Gasteiger partial charge in [0.05, 0.1) is 12.7 Å². The van der Waals surface area contributed by atoms with Crippen LogP contribution >= 0.6 is 0 Å². The summed E-state index contributed by atoms with van der Waals surface area (Å²) in [6.07, 6.45) is 2.00. The molecule has 4 N–H and O–H groups in total. The normalized spacial score (nSPS) is 20.4. The lowest BCUT2D eigenvalue weighted by atomic mass is 10.2. The van der Waals surface area contributed by atoms with Crippen molar-refractivity contribution in [1.82, 2.24) is 19.8 Å². The van der Waals surface area contributed by atoms with Gasteiger partial charge in [0, 0.05) is 12.6 Å². The number of nitrogens with two attached hydrogens (primary N) is 1. The predicted octanol–water partition coefficient (Wildman–Crippen LogP) is -1.75. The van der Waals surface area contributed by atoms with Gasteiger partial charge in [-0.15, -0.1) is 0 Å². The Morgan fingerprint density at radius 2 is 2.39 bits per heavy atom. The maximum atomic E-state index is 12.3. The molecule has 100 valence electrons. The monoisotopic (exact) mass is 273 g/mol. The zero-order chi connectivity index (χ0) is 13.2.